The number of pyridine rings is 1. The van der Waals surface area contributed by atoms with E-state index in [2.05, 4.69) is 11.9 Å². The number of aromatic nitrogens is 1. The molecule has 1 unspecified atom stereocenters. The summed E-state index contributed by atoms with van der Waals surface area (Å²) in [5.41, 5.74) is 9.96. The van der Waals surface area contributed by atoms with Gasteiger partial charge in [0.25, 0.3) is 5.91 Å². The first-order chi connectivity index (χ1) is 13.8. The van der Waals surface area contributed by atoms with Crippen molar-refractivity contribution in [3.05, 3.63) is 52.8 Å². The Morgan fingerprint density at radius 2 is 1.90 bits per heavy atom. The molecule has 1 amide bonds. The molecule has 1 aliphatic rings. The Kier molecular flexibility index (Phi) is 6.42. The van der Waals surface area contributed by atoms with E-state index in [4.69, 9.17) is 15.2 Å². The van der Waals surface area contributed by atoms with Gasteiger partial charge in [0.15, 0.2) is 11.5 Å². The van der Waals surface area contributed by atoms with Gasteiger partial charge in [-0.2, -0.15) is 0 Å². The first-order valence-electron chi connectivity index (χ1n) is 10.1. The topological polar surface area (TPSA) is 77.7 Å². The second kappa shape index (κ2) is 8.82. The monoisotopic (exact) mass is 397 g/mol. The van der Waals surface area contributed by atoms with Gasteiger partial charge in [-0.15, -0.1) is 0 Å². The minimum atomic E-state index is -0.358. The third-order valence-corrected chi connectivity index (χ3v) is 5.63. The maximum Gasteiger partial charge on any atom is 0.254 e. The van der Waals surface area contributed by atoms with Crippen LogP contribution in [0.1, 0.15) is 47.1 Å². The van der Waals surface area contributed by atoms with Crippen LogP contribution in [0.25, 0.3) is 0 Å². The van der Waals surface area contributed by atoms with Gasteiger partial charge in [0.05, 0.1) is 14.2 Å². The van der Waals surface area contributed by atoms with E-state index in [1.54, 1.807) is 20.3 Å². The molecule has 6 nitrogen and oxygen atoms in total. The standard InChI is InChI=1S/C23H31N3O3/c1-16-6-5-7-18(25-16)8-10-23(2,24)11-13-26-12-9-17-14-20(28-3)21(29-4)15-19(17)22(26)27/h5-7,14-15H,8-13,24H2,1-4H3. The Morgan fingerprint density at radius 1 is 1.17 bits per heavy atom. The Labute approximate surface area is 173 Å². The van der Waals surface area contributed by atoms with Gasteiger partial charge in [-0.25, -0.2) is 0 Å². The molecule has 156 valence electrons. The molecule has 0 radical (unpaired) electrons. The lowest BCUT2D eigenvalue weighted by molar-refractivity contribution is 0.0726. The number of nitrogens with two attached hydrogens (primary N) is 1. The summed E-state index contributed by atoms with van der Waals surface area (Å²) in [6.07, 6.45) is 3.21. The van der Waals surface area contributed by atoms with Gasteiger partial charge in [0.2, 0.25) is 0 Å². The highest BCUT2D eigenvalue weighted by molar-refractivity contribution is 5.97. The van der Waals surface area contributed by atoms with E-state index in [1.165, 1.54) is 0 Å². The molecule has 2 heterocycles. The molecule has 0 bridgehead atoms. The van der Waals surface area contributed by atoms with Gasteiger partial charge >= 0.3 is 0 Å². The Balaban J connectivity index is 1.61. The highest BCUT2D eigenvalue weighted by Gasteiger charge is 2.28. The molecule has 2 N–H and O–H groups in total. The van der Waals surface area contributed by atoms with Crippen LogP contribution in [-0.4, -0.2) is 48.6 Å². The van der Waals surface area contributed by atoms with Crippen molar-refractivity contribution in [1.82, 2.24) is 9.88 Å². The lowest BCUT2D eigenvalue weighted by Gasteiger charge is -2.33. The number of aryl methyl sites for hydroxylation is 2. The van der Waals surface area contributed by atoms with Gasteiger partial charge in [-0.3, -0.25) is 9.78 Å². The summed E-state index contributed by atoms with van der Waals surface area (Å²) >= 11 is 0. The van der Waals surface area contributed by atoms with E-state index in [9.17, 15) is 4.79 Å². The predicted octanol–water partition coefficient (Wildman–Crippen LogP) is 3.15. The second-order valence-electron chi connectivity index (χ2n) is 8.08. The average Bonchev–Trinajstić information content (AvgIpc) is 2.71. The van der Waals surface area contributed by atoms with Crippen LogP contribution in [0.15, 0.2) is 30.3 Å². The van der Waals surface area contributed by atoms with Crippen molar-refractivity contribution in [2.45, 2.75) is 45.1 Å². The third kappa shape index (κ3) is 5.07. The SMILES string of the molecule is COc1cc2c(cc1OC)C(=O)N(CCC(C)(N)CCc1cccc(C)n1)CC2. The molecule has 1 aromatic heterocycles. The number of hydrogen-bond donors (Lipinski definition) is 1. The summed E-state index contributed by atoms with van der Waals surface area (Å²) < 4.78 is 10.7. The van der Waals surface area contributed by atoms with Crippen LogP contribution in [0.5, 0.6) is 11.5 Å². The summed E-state index contributed by atoms with van der Waals surface area (Å²) in [6.45, 7) is 5.38. The van der Waals surface area contributed by atoms with Crippen molar-refractivity contribution in [1.29, 1.82) is 0 Å². The number of ether oxygens (including phenoxy) is 2. The fraction of sp³-hybridized carbons (Fsp3) is 0.478. The normalized spacial score (nSPS) is 15.6. The molecule has 1 aromatic carbocycles. The van der Waals surface area contributed by atoms with E-state index in [0.29, 0.717) is 30.2 Å². The number of rotatable bonds is 8. The maximum atomic E-state index is 13.0. The maximum absolute atomic E-state index is 13.0. The van der Waals surface area contributed by atoms with Crippen LogP contribution < -0.4 is 15.2 Å². The van der Waals surface area contributed by atoms with Crippen LogP contribution in [0.4, 0.5) is 0 Å². The molecule has 0 spiro atoms. The van der Waals surface area contributed by atoms with Gasteiger partial charge in [0, 0.05) is 35.6 Å². The molecule has 2 aromatic rings. The van der Waals surface area contributed by atoms with Crippen LogP contribution in [-0.2, 0) is 12.8 Å². The number of carbonyl (C=O) groups is 1. The van der Waals surface area contributed by atoms with E-state index < -0.39 is 0 Å². The number of methoxy groups -OCH3 is 2. The Hall–Kier alpha value is -2.60. The average molecular weight is 398 g/mol. The highest BCUT2D eigenvalue weighted by atomic mass is 16.5. The molecule has 1 aliphatic heterocycles. The zero-order valence-corrected chi connectivity index (χ0v) is 17.8. The lowest BCUT2D eigenvalue weighted by atomic mass is 9.91. The highest BCUT2D eigenvalue weighted by Crippen LogP contribution is 2.33. The van der Waals surface area contributed by atoms with Gasteiger partial charge in [-0.1, -0.05) is 6.07 Å². The molecule has 0 fully saturated rings. The quantitative estimate of drug-likeness (QED) is 0.740. The largest absolute Gasteiger partial charge is 0.493 e. The molecule has 0 saturated heterocycles. The molecule has 0 aliphatic carbocycles. The first-order valence-corrected chi connectivity index (χ1v) is 10.1. The lowest BCUT2D eigenvalue weighted by Crippen LogP contribution is -2.44. The van der Waals surface area contributed by atoms with Crippen LogP contribution in [0.3, 0.4) is 0 Å². The summed E-state index contributed by atoms with van der Waals surface area (Å²) in [6, 6.07) is 9.75. The van der Waals surface area contributed by atoms with Crippen molar-refractivity contribution in [3.63, 3.8) is 0 Å². The Morgan fingerprint density at radius 3 is 2.59 bits per heavy atom. The van der Waals surface area contributed by atoms with Crippen molar-refractivity contribution in [2.75, 3.05) is 27.3 Å². The fourth-order valence-electron chi connectivity index (χ4n) is 3.74. The summed E-state index contributed by atoms with van der Waals surface area (Å²) in [7, 11) is 3.19. The van der Waals surface area contributed by atoms with Crippen molar-refractivity contribution in [3.8, 4) is 11.5 Å². The van der Waals surface area contributed by atoms with Crippen molar-refractivity contribution < 1.29 is 14.3 Å². The summed E-state index contributed by atoms with van der Waals surface area (Å²) in [5.74, 6) is 1.27. The van der Waals surface area contributed by atoms with Crippen LogP contribution in [0.2, 0.25) is 0 Å². The molecular weight excluding hydrogens is 366 g/mol. The van der Waals surface area contributed by atoms with E-state index in [1.807, 2.05) is 36.1 Å². The smallest absolute Gasteiger partial charge is 0.254 e. The van der Waals surface area contributed by atoms with Gasteiger partial charge in [0.1, 0.15) is 0 Å². The number of fused-ring (bicyclic) bond motifs is 1. The number of nitrogens with zero attached hydrogens (tertiary/aromatic N) is 2. The van der Waals surface area contributed by atoms with E-state index >= 15 is 0 Å². The molecule has 29 heavy (non-hydrogen) atoms. The Bertz CT molecular complexity index is 880. The van der Waals surface area contributed by atoms with E-state index in [-0.39, 0.29) is 11.4 Å². The molecule has 6 heteroatoms. The zero-order valence-electron chi connectivity index (χ0n) is 17.8. The van der Waals surface area contributed by atoms with Gasteiger partial charge < -0.3 is 20.1 Å². The predicted molar refractivity (Wildman–Crippen MR) is 114 cm³/mol. The number of amides is 1. The third-order valence-electron chi connectivity index (χ3n) is 5.63. The number of carbonyl (C=O) groups excluding carboxylic acids is 1. The minimum Gasteiger partial charge on any atom is -0.493 e. The number of benzene rings is 1. The van der Waals surface area contributed by atoms with E-state index in [0.717, 1.165) is 42.6 Å². The second-order valence-corrected chi connectivity index (χ2v) is 8.08. The van der Waals surface area contributed by atoms with Crippen LogP contribution in [0, 0.1) is 6.92 Å². The minimum absolute atomic E-state index is 0.0309. The molecule has 3 rings (SSSR count). The van der Waals surface area contributed by atoms with Gasteiger partial charge in [-0.05, 0) is 69.4 Å². The zero-order chi connectivity index (χ0) is 21.0. The van der Waals surface area contributed by atoms with Crippen molar-refractivity contribution >= 4 is 5.91 Å². The molecular formula is C23H31N3O3. The number of hydrogen-bond acceptors (Lipinski definition) is 5. The molecule has 1 atom stereocenters. The first kappa shape index (κ1) is 21.1. The summed E-state index contributed by atoms with van der Waals surface area (Å²) in [5, 5.41) is 0. The van der Waals surface area contributed by atoms with Crippen LogP contribution >= 0.6 is 0 Å². The fourth-order valence-corrected chi connectivity index (χ4v) is 3.74. The van der Waals surface area contributed by atoms with Crippen molar-refractivity contribution in [2.24, 2.45) is 5.73 Å². The summed E-state index contributed by atoms with van der Waals surface area (Å²) in [4.78, 5) is 19.4. The molecule has 0 saturated carbocycles.